The smallest absolute Gasteiger partial charge is 0.303 e. The molecular formula is C12H22O3. The van der Waals surface area contributed by atoms with Gasteiger partial charge in [0, 0.05) is 19.6 Å². The fourth-order valence-electron chi connectivity index (χ4n) is 2.45. The van der Waals surface area contributed by atoms with E-state index >= 15 is 0 Å². The largest absolute Gasteiger partial charge is 0.481 e. The first-order valence-corrected chi connectivity index (χ1v) is 5.94. The lowest BCUT2D eigenvalue weighted by Gasteiger charge is -2.35. The molecule has 3 heteroatoms. The van der Waals surface area contributed by atoms with Gasteiger partial charge in [-0.15, -0.1) is 0 Å². The minimum absolute atomic E-state index is 0.304. The van der Waals surface area contributed by atoms with Crippen LogP contribution >= 0.6 is 0 Å². The lowest BCUT2D eigenvalue weighted by atomic mass is 9.77. The number of rotatable bonds is 5. The standard InChI is InChI=1S/C12H22O3/c1-3-4-5-10-8-15-7-9(2)11(10)6-12(13)14/h9-11H,3-8H2,1-2H3,(H,13,14). The first-order chi connectivity index (χ1) is 7.15. The summed E-state index contributed by atoms with van der Waals surface area (Å²) < 4.78 is 5.51. The zero-order valence-corrected chi connectivity index (χ0v) is 9.74. The van der Waals surface area contributed by atoms with E-state index in [4.69, 9.17) is 9.84 Å². The molecule has 1 saturated heterocycles. The van der Waals surface area contributed by atoms with Crippen LogP contribution < -0.4 is 0 Å². The number of unbranched alkanes of at least 4 members (excludes halogenated alkanes) is 1. The predicted molar refractivity (Wildman–Crippen MR) is 58.7 cm³/mol. The average Bonchev–Trinajstić information content (AvgIpc) is 2.18. The van der Waals surface area contributed by atoms with Gasteiger partial charge in [-0.25, -0.2) is 0 Å². The summed E-state index contributed by atoms with van der Waals surface area (Å²) in [6, 6.07) is 0. The average molecular weight is 214 g/mol. The van der Waals surface area contributed by atoms with E-state index in [1.165, 1.54) is 12.8 Å². The Labute approximate surface area is 91.8 Å². The molecule has 0 amide bonds. The Kier molecular flexibility index (Phi) is 5.09. The Morgan fingerprint density at radius 1 is 1.47 bits per heavy atom. The molecule has 0 saturated carbocycles. The van der Waals surface area contributed by atoms with Crippen LogP contribution in [-0.4, -0.2) is 24.3 Å². The first-order valence-electron chi connectivity index (χ1n) is 5.94. The fraction of sp³-hybridized carbons (Fsp3) is 0.917. The first kappa shape index (κ1) is 12.5. The molecule has 3 unspecified atom stereocenters. The molecule has 1 fully saturated rings. The van der Waals surface area contributed by atoms with Crippen LogP contribution in [0.15, 0.2) is 0 Å². The van der Waals surface area contributed by atoms with Gasteiger partial charge in [0.05, 0.1) is 0 Å². The molecule has 1 N–H and O–H groups in total. The summed E-state index contributed by atoms with van der Waals surface area (Å²) in [6.45, 7) is 5.74. The molecule has 3 atom stereocenters. The topological polar surface area (TPSA) is 46.5 Å². The van der Waals surface area contributed by atoms with E-state index in [0.29, 0.717) is 24.2 Å². The van der Waals surface area contributed by atoms with Crippen molar-refractivity contribution in [1.29, 1.82) is 0 Å². The lowest BCUT2D eigenvalue weighted by Crippen LogP contribution is -2.35. The van der Waals surface area contributed by atoms with Crippen molar-refractivity contribution < 1.29 is 14.6 Å². The van der Waals surface area contributed by atoms with Crippen LogP contribution in [0.4, 0.5) is 0 Å². The molecule has 0 bridgehead atoms. The molecule has 1 heterocycles. The molecule has 0 aliphatic carbocycles. The summed E-state index contributed by atoms with van der Waals surface area (Å²) in [5.41, 5.74) is 0. The third-order valence-corrected chi connectivity index (χ3v) is 3.39. The normalized spacial score (nSPS) is 31.5. The Balaban J connectivity index is 2.51. The minimum atomic E-state index is -0.671. The summed E-state index contributed by atoms with van der Waals surface area (Å²) in [6.07, 6.45) is 3.76. The molecule has 1 rings (SSSR count). The lowest BCUT2D eigenvalue weighted by molar-refractivity contribution is -0.141. The number of ether oxygens (including phenoxy) is 1. The van der Waals surface area contributed by atoms with Crippen LogP contribution in [0.3, 0.4) is 0 Å². The van der Waals surface area contributed by atoms with Gasteiger partial charge in [0.15, 0.2) is 0 Å². The van der Waals surface area contributed by atoms with E-state index in [9.17, 15) is 4.79 Å². The van der Waals surface area contributed by atoms with Gasteiger partial charge in [-0.1, -0.05) is 26.7 Å². The number of aliphatic carboxylic acids is 1. The van der Waals surface area contributed by atoms with Crippen LogP contribution in [0.5, 0.6) is 0 Å². The second kappa shape index (κ2) is 6.11. The van der Waals surface area contributed by atoms with Gasteiger partial charge in [0.25, 0.3) is 0 Å². The fourth-order valence-corrected chi connectivity index (χ4v) is 2.45. The number of carbonyl (C=O) groups is 1. The second-order valence-electron chi connectivity index (χ2n) is 4.68. The second-order valence-corrected chi connectivity index (χ2v) is 4.68. The van der Waals surface area contributed by atoms with Crippen LogP contribution in [0, 0.1) is 17.8 Å². The molecule has 0 aromatic heterocycles. The quantitative estimate of drug-likeness (QED) is 0.765. The van der Waals surface area contributed by atoms with Crippen molar-refractivity contribution in [3.8, 4) is 0 Å². The molecule has 88 valence electrons. The SMILES string of the molecule is CCCCC1COCC(C)C1CC(=O)O. The van der Waals surface area contributed by atoms with Gasteiger partial charge in [0.1, 0.15) is 0 Å². The molecule has 15 heavy (non-hydrogen) atoms. The zero-order chi connectivity index (χ0) is 11.3. The molecule has 0 spiro atoms. The van der Waals surface area contributed by atoms with Gasteiger partial charge >= 0.3 is 5.97 Å². The molecular weight excluding hydrogens is 192 g/mol. The molecule has 0 aromatic rings. The van der Waals surface area contributed by atoms with Gasteiger partial charge in [-0.3, -0.25) is 4.79 Å². The Hall–Kier alpha value is -0.570. The van der Waals surface area contributed by atoms with Crippen molar-refractivity contribution in [2.24, 2.45) is 17.8 Å². The van der Waals surface area contributed by atoms with Crippen LogP contribution in [0.1, 0.15) is 39.5 Å². The highest BCUT2D eigenvalue weighted by Gasteiger charge is 2.32. The molecule has 0 radical (unpaired) electrons. The molecule has 0 aromatic carbocycles. The van der Waals surface area contributed by atoms with Crippen LogP contribution in [0.25, 0.3) is 0 Å². The van der Waals surface area contributed by atoms with Crippen molar-refractivity contribution in [1.82, 2.24) is 0 Å². The number of hydrogen-bond acceptors (Lipinski definition) is 2. The number of hydrogen-bond donors (Lipinski definition) is 1. The third-order valence-electron chi connectivity index (χ3n) is 3.39. The maximum atomic E-state index is 10.8. The van der Waals surface area contributed by atoms with Gasteiger partial charge in [-0.05, 0) is 24.2 Å². The maximum Gasteiger partial charge on any atom is 0.303 e. The highest BCUT2D eigenvalue weighted by Crippen LogP contribution is 2.32. The summed E-state index contributed by atoms with van der Waals surface area (Å²) in [5, 5.41) is 8.89. The maximum absolute atomic E-state index is 10.8. The van der Waals surface area contributed by atoms with Crippen molar-refractivity contribution in [3.63, 3.8) is 0 Å². The Morgan fingerprint density at radius 3 is 2.80 bits per heavy atom. The molecule has 1 aliphatic rings. The molecule has 3 nitrogen and oxygen atoms in total. The van der Waals surface area contributed by atoms with Crippen molar-refractivity contribution in [2.45, 2.75) is 39.5 Å². The summed E-state index contributed by atoms with van der Waals surface area (Å²) >= 11 is 0. The van der Waals surface area contributed by atoms with Crippen molar-refractivity contribution in [3.05, 3.63) is 0 Å². The van der Waals surface area contributed by atoms with E-state index in [0.717, 1.165) is 19.6 Å². The molecule has 1 aliphatic heterocycles. The summed E-state index contributed by atoms with van der Waals surface area (Å²) in [5.74, 6) is 0.472. The van der Waals surface area contributed by atoms with Crippen molar-refractivity contribution >= 4 is 5.97 Å². The number of carboxylic acid groups (broad SMARTS) is 1. The van der Waals surface area contributed by atoms with Crippen LogP contribution in [-0.2, 0) is 9.53 Å². The summed E-state index contributed by atoms with van der Waals surface area (Å²) in [7, 11) is 0. The van der Waals surface area contributed by atoms with Gasteiger partial charge in [-0.2, -0.15) is 0 Å². The highest BCUT2D eigenvalue weighted by molar-refractivity contribution is 5.67. The number of carboxylic acids is 1. The van der Waals surface area contributed by atoms with E-state index in [1.807, 2.05) is 0 Å². The van der Waals surface area contributed by atoms with E-state index in [2.05, 4.69) is 13.8 Å². The Bertz CT molecular complexity index is 203. The highest BCUT2D eigenvalue weighted by atomic mass is 16.5. The van der Waals surface area contributed by atoms with Gasteiger partial charge in [0.2, 0.25) is 0 Å². The van der Waals surface area contributed by atoms with Crippen molar-refractivity contribution in [2.75, 3.05) is 13.2 Å². The third kappa shape index (κ3) is 3.82. The summed E-state index contributed by atoms with van der Waals surface area (Å²) in [4.78, 5) is 10.8. The van der Waals surface area contributed by atoms with E-state index in [1.54, 1.807) is 0 Å². The van der Waals surface area contributed by atoms with Gasteiger partial charge < -0.3 is 9.84 Å². The zero-order valence-electron chi connectivity index (χ0n) is 9.74. The minimum Gasteiger partial charge on any atom is -0.481 e. The van der Waals surface area contributed by atoms with E-state index in [-0.39, 0.29) is 0 Å². The van der Waals surface area contributed by atoms with Crippen LogP contribution in [0.2, 0.25) is 0 Å². The monoisotopic (exact) mass is 214 g/mol. The van der Waals surface area contributed by atoms with E-state index < -0.39 is 5.97 Å². The Morgan fingerprint density at radius 2 is 2.20 bits per heavy atom. The predicted octanol–water partition coefficient (Wildman–Crippen LogP) is 2.55.